The van der Waals surface area contributed by atoms with Gasteiger partial charge in [-0.3, -0.25) is 4.98 Å². The van der Waals surface area contributed by atoms with Crippen LogP contribution in [-0.2, 0) is 0 Å². The van der Waals surface area contributed by atoms with Crippen molar-refractivity contribution < 1.29 is 68.7 Å². The van der Waals surface area contributed by atoms with Gasteiger partial charge in [-0.05, 0) is 6.07 Å². The molecule has 0 N–H and O–H groups in total. The van der Waals surface area contributed by atoms with Crippen LogP contribution in [0.3, 0.4) is 0 Å². The van der Waals surface area contributed by atoms with Gasteiger partial charge in [0.2, 0.25) is 0 Å². The van der Waals surface area contributed by atoms with Gasteiger partial charge in [-0.25, -0.2) is 4.39 Å². The standard InChI is InChI=1S/C7H5BF4N.K/c9-7-5-13-4-2-6(7)1-3-8(10,11)12;/h1-5H;/q-1;+1/b3-1+;. The van der Waals surface area contributed by atoms with Crippen LogP contribution < -0.4 is 51.4 Å². The molecule has 0 aliphatic heterocycles. The first-order chi connectivity index (χ1) is 5.99. The number of aromatic nitrogens is 1. The van der Waals surface area contributed by atoms with Crippen molar-refractivity contribution >= 4 is 13.1 Å². The monoisotopic (exact) mass is 229 g/mol. The molecule has 7 heteroatoms. The maximum Gasteiger partial charge on any atom is 1.00 e. The summed E-state index contributed by atoms with van der Waals surface area (Å²) < 4.78 is 47.8. The van der Waals surface area contributed by atoms with Crippen molar-refractivity contribution in [2.24, 2.45) is 0 Å². The molecule has 0 bridgehead atoms. The fourth-order valence-electron chi connectivity index (χ4n) is 0.734. The van der Waals surface area contributed by atoms with E-state index in [1.165, 1.54) is 12.3 Å². The number of rotatable bonds is 2. The maximum atomic E-state index is 12.7. The van der Waals surface area contributed by atoms with Gasteiger partial charge < -0.3 is 12.9 Å². The van der Waals surface area contributed by atoms with E-state index in [2.05, 4.69) is 4.98 Å². The maximum absolute atomic E-state index is 12.7. The minimum Gasteiger partial charge on any atom is -0.445 e. The van der Waals surface area contributed by atoms with E-state index in [4.69, 9.17) is 0 Å². The fraction of sp³-hybridized carbons (Fsp3) is 0. The van der Waals surface area contributed by atoms with Crippen molar-refractivity contribution in [3.8, 4) is 0 Å². The van der Waals surface area contributed by atoms with Crippen molar-refractivity contribution in [3.05, 3.63) is 35.8 Å². The Labute approximate surface area is 121 Å². The zero-order chi connectivity index (χ0) is 9.90. The molecule has 0 radical (unpaired) electrons. The summed E-state index contributed by atoms with van der Waals surface area (Å²) in [4.78, 5) is 3.40. The number of halogens is 4. The van der Waals surface area contributed by atoms with Crippen molar-refractivity contribution in [1.82, 2.24) is 4.98 Å². The molecule has 0 aliphatic rings. The minimum atomic E-state index is -5.01. The Morgan fingerprint density at radius 2 is 1.93 bits per heavy atom. The Morgan fingerprint density at radius 3 is 2.43 bits per heavy atom. The van der Waals surface area contributed by atoms with Gasteiger partial charge in [-0.2, -0.15) is 0 Å². The van der Waals surface area contributed by atoms with E-state index in [-0.39, 0.29) is 62.9 Å². The largest absolute Gasteiger partial charge is 1.00 e. The van der Waals surface area contributed by atoms with Crippen LogP contribution in [0.15, 0.2) is 24.4 Å². The van der Waals surface area contributed by atoms with Crippen molar-refractivity contribution in [1.29, 1.82) is 0 Å². The molecular formula is C7H5BF4KN. The van der Waals surface area contributed by atoms with Crippen molar-refractivity contribution in [3.63, 3.8) is 0 Å². The van der Waals surface area contributed by atoms with Gasteiger partial charge in [0.25, 0.3) is 0 Å². The van der Waals surface area contributed by atoms with Crippen LogP contribution in [0.5, 0.6) is 0 Å². The quantitative estimate of drug-likeness (QED) is 0.497. The van der Waals surface area contributed by atoms with E-state index < -0.39 is 12.8 Å². The third-order valence-corrected chi connectivity index (χ3v) is 1.30. The van der Waals surface area contributed by atoms with Gasteiger partial charge in [-0.1, -0.05) is 6.08 Å². The Bertz CT molecular complexity index is 326. The van der Waals surface area contributed by atoms with Crippen LogP contribution in [0.25, 0.3) is 6.08 Å². The summed E-state index contributed by atoms with van der Waals surface area (Å²) in [5, 5.41) is 0. The van der Waals surface area contributed by atoms with Gasteiger partial charge in [0, 0.05) is 11.8 Å². The molecule has 0 saturated heterocycles. The van der Waals surface area contributed by atoms with Gasteiger partial charge in [0.15, 0.2) is 0 Å². The van der Waals surface area contributed by atoms with Crippen molar-refractivity contribution in [2.75, 3.05) is 0 Å². The smallest absolute Gasteiger partial charge is 0.445 e. The zero-order valence-electron chi connectivity index (χ0n) is 7.42. The molecule has 0 aromatic carbocycles. The first kappa shape index (κ1) is 14.3. The Hall–Kier alpha value is 0.311. The summed E-state index contributed by atoms with van der Waals surface area (Å²) in [7, 11) is 0. The topological polar surface area (TPSA) is 12.9 Å². The molecule has 14 heavy (non-hydrogen) atoms. The van der Waals surface area contributed by atoms with E-state index in [0.29, 0.717) is 6.08 Å². The molecule has 1 heterocycles. The third kappa shape index (κ3) is 5.26. The SMILES string of the molecule is Fc1cnccc1/C=C/[B-](F)(F)F.[K+]. The number of hydrogen-bond donors (Lipinski definition) is 0. The summed E-state index contributed by atoms with van der Waals surface area (Å²) >= 11 is 0. The van der Waals surface area contributed by atoms with E-state index >= 15 is 0 Å². The number of pyridine rings is 1. The summed E-state index contributed by atoms with van der Waals surface area (Å²) in [6.07, 6.45) is 2.78. The second-order valence-electron chi connectivity index (χ2n) is 2.38. The molecule has 0 atom stereocenters. The van der Waals surface area contributed by atoms with Gasteiger partial charge in [-0.15, -0.1) is 5.98 Å². The second-order valence-corrected chi connectivity index (χ2v) is 2.38. The fourth-order valence-corrected chi connectivity index (χ4v) is 0.734. The molecule has 1 aromatic heterocycles. The molecule has 0 amide bonds. The Morgan fingerprint density at radius 1 is 1.29 bits per heavy atom. The van der Waals surface area contributed by atoms with Gasteiger partial charge >= 0.3 is 58.4 Å². The Kier molecular flexibility index (Phi) is 6.15. The first-order valence-corrected chi connectivity index (χ1v) is 3.48. The zero-order valence-corrected chi connectivity index (χ0v) is 10.5. The predicted octanol–water partition coefficient (Wildman–Crippen LogP) is -0.376. The second kappa shape index (κ2) is 6.02. The average Bonchev–Trinajstić information content (AvgIpc) is 2.01. The van der Waals surface area contributed by atoms with Crippen LogP contribution in [0.2, 0.25) is 0 Å². The number of nitrogens with zero attached hydrogens (tertiary/aromatic N) is 1. The summed E-state index contributed by atoms with van der Waals surface area (Å²) in [6.45, 7) is -5.01. The third-order valence-electron chi connectivity index (χ3n) is 1.30. The first-order valence-electron chi connectivity index (χ1n) is 3.48. The molecule has 70 valence electrons. The molecule has 0 aliphatic carbocycles. The molecule has 0 saturated carbocycles. The van der Waals surface area contributed by atoms with Crippen LogP contribution in [0.1, 0.15) is 5.56 Å². The van der Waals surface area contributed by atoms with E-state index in [9.17, 15) is 17.3 Å². The summed E-state index contributed by atoms with van der Waals surface area (Å²) in [5.74, 6) is -0.725. The van der Waals surface area contributed by atoms with Gasteiger partial charge in [0.1, 0.15) is 5.82 Å². The molecular weight excluding hydrogens is 224 g/mol. The predicted molar refractivity (Wildman–Crippen MR) is 42.3 cm³/mol. The molecule has 1 rings (SSSR count). The summed E-state index contributed by atoms with van der Waals surface area (Å²) in [6, 6.07) is 1.17. The van der Waals surface area contributed by atoms with Crippen molar-refractivity contribution in [2.45, 2.75) is 0 Å². The molecule has 0 fully saturated rings. The van der Waals surface area contributed by atoms with Crippen LogP contribution >= 0.6 is 0 Å². The van der Waals surface area contributed by atoms with Gasteiger partial charge in [0.05, 0.1) is 6.20 Å². The van der Waals surface area contributed by atoms with E-state index in [0.717, 1.165) is 6.20 Å². The minimum absolute atomic E-state index is 0. The molecule has 0 unspecified atom stereocenters. The molecule has 1 nitrogen and oxygen atoms in total. The van der Waals surface area contributed by atoms with E-state index in [1.807, 2.05) is 0 Å². The van der Waals surface area contributed by atoms with Crippen LogP contribution in [-0.4, -0.2) is 12.0 Å². The average molecular weight is 229 g/mol. The van der Waals surface area contributed by atoms with Crippen LogP contribution in [0.4, 0.5) is 17.3 Å². The molecule has 1 aromatic rings. The summed E-state index contributed by atoms with van der Waals surface area (Å²) in [5.41, 5.74) is -0.116. The Balaban J connectivity index is 0.00000169. The van der Waals surface area contributed by atoms with Crippen LogP contribution in [0, 0.1) is 5.82 Å². The number of hydrogen-bond acceptors (Lipinski definition) is 1. The molecule has 0 spiro atoms. The van der Waals surface area contributed by atoms with E-state index in [1.54, 1.807) is 0 Å². The normalized spacial score (nSPS) is 11.4.